The van der Waals surface area contributed by atoms with Crippen LogP contribution in [0.25, 0.3) is 16.6 Å². The first-order valence-corrected chi connectivity index (χ1v) is 7.64. The summed E-state index contributed by atoms with van der Waals surface area (Å²) >= 11 is 0. The molecule has 0 aliphatic heterocycles. The van der Waals surface area contributed by atoms with Gasteiger partial charge in [-0.25, -0.2) is 4.98 Å². The average Bonchev–Trinajstić information content (AvgIpc) is 3.04. The maximum atomic E-state index is 11.1. The van der Waals surface area contributed by atoms with E-state index in [-0.39, 0.29) is 28.6 Å². The molecule has 0 spiro atoms. The van der Waals surface area contributed by atoms with Crippen molar-refractivity contribution in [1.82, 2.24) is 9.97 Å². The lowest BCUT2D eigenvalue weighted by Crippen LogP contribution is -2.06. The highest BCUT2D eigenvalue weighted by Gasteiger charge is 2.18. The third-order valence-electron chi connectivity index (χ3n) is 3.70. The number of nitrogens with one attached hydrogen (secondary N) is 1. The van der Waals surface area contributed by atoms with Gasteiger partial charge < -0.3 is 14.8 Å². The number of H-pyrrole nitrogens is 1. The van der Waals surface area contributed by atoms with Crippen molar-refractivity contribution >= 4 is 22.3 Å². The molecule has 26 heavy (non-hydrogen) atoms. The van der Waals surface area contributed by atoms with Gasteiger partial charge in [0, 0.05) is 6.07 Å². The molecule has 130 valence electrons. The Morgan fingerprint density at radius 1 is 1.38 bits per heavy atom. The molecule has 3 aromatic rings. The Hall–Kier alpha value is -3.86. The van der Waals surface area contributed by atoms with E-state index in [4.69, 9.17) is 4.74 Å². The van der Waals surface area contributed by atoms with Crippen molar-refractivity contribution in [2.24, 2.45) is 0 Å². The first-order chi connectivity index (χ1) is 12.5. The highest BCUT2D eigenvalue weighted by Crippen LogP contribution is 2.28. The molecule has 0 atom stereocenters. The van der Waals surface area contributed by atoms with E-state index < -0.39 is 11.5 Å². The number of imidazole rings is 1. The van der Waals surface area contributed by atoms with Gasteiger partial charge in [-0.3, -0.25) is 10.1 Å². The lowest BCUT2D eigenvalue weighted by Gasteiger charge is -2.07. The van der Waals surface area contributed by atoms with Crippen LogP contribution in [0.4, 0.5) is 5.69 Å². The average molecular weight is 350 g/mol. The summed E-state index contributed by atoms with van der Waals surface area (Å²) in [6.45, 7) is 1.33. The van der Waals surface area contributed by atoms with Crippen molar-refractivity contribution in [3.63, 3.8) is 0 Å². The molecule has 0 aliphatic carbocycles. The van der Waals surface area contributed by atoms with Gasteiger partial charge >= 0.3 is 5.69 Å². The van der Waals surface area contributed by atoms with Crippen molar-refractivity contribution in [2.75, 3.05) is 6.61 Å². The summed E-state index contributed by atoms with van der Waals surface area (Å²) in [7, 11) is 0. The number of nitro benzene ring substituents is 1. The van der Waals surface area contributed by atoms with Crippen LogP contribution >= 0.6 is 0 Å². The topological polar surface area (TPSA) is 125 Å². The minimum Gasteiger partial charge on any atom is -0.507 e. The standard InChI is InChI=1S/C18H14N4O4/c1-11-6-7-17(15(8-11)22(24)25)26-10-16(23)12(9-19)18-20-13-4-2-3-5-14(13)21-18/h2-8,23H,10H2,1H3,(H,20,21)/b16-12-. The molecule has 1 aromatic heterocycles. The van der Waals surface area contributed by atoms with E-state index in [2.05, 4.69) is 9.97 Å². The number of aryl methyl sites for hydroxylation is 1. The monoisotopic (exact) mass is 350 g/mol. The minimum absolute atomic E-state index is 0.00838. The highest BCUT2D eigenvalue weighted by molar-refractivity contribution is 5.82. The Kier molecular flexibility index (Phi) is 4.53. The zero-order valence-electron chi connectivity index (χ0n) is 13.8. The molecule has 2 aromatic carbocycles. The van der Waals surface area contributed by atoms with Gasteiger partial charge in [-0.1, -0.05) is 18.2 Å². The van der Waals surface area contributed by atoms with Gasteiger partial charge in [-0.05, 0) is 30.7 Å². The fourth-order valence-electron chi connectivity index (χ4n) is 2.44. The molecule has 0 saturated heterocycles. The number of nitro groups is 1. The SMILES string of the molecule is Cc1ccc(OC/C(O)=C(\C#N)c2nc3ccccc3[nH]2)c([N+](=O)[O-])c1. The first-order valence-electron chi connectivity index (χ1n) is 7.64. The maximum absolute atomic E-state index is 11.1. The Labute approximate surface area is 148 Å². The number of aromatic nitrogens is 2. The Morgan fingerprint density at radius 2 is 2.15 bits per heavy atom. The van der Waals surface area contributed by atoms with Crippen LogP contribution in [0.15, 0.2) is 48.2 Å². The number of fused-ring (bicyclic) bond motifs is 1. The van der Waals surface area contributed by atoms with E-state index in [0.717, 1.165) is 5.52 Å². The van der Waals surface area contributed by atoms with Crippen LogP contribution < -0.4 is 4.74 Å². The third kappa shape index (κ3) is 3.32. The van der Waals surface area contributed by atoms with E-state index in [0.29, 0.717) is 11.1 Å². The molecule has 3 rings (SSSR count). The highest BCUT2D eigenvalue weighted by atomic mass is 16.6. The Bertz CT molecular complexity index is 1030. The number of allylic oxidation sites excluding steroid dienone is 1. The van der Waals surface area contributed by atoms with Crippen LogP contribution in [-0.2, 0) is 0 Å². The van der Waals surface area contributed by atoms with Crippen LogP contribution in [0, 0.1) is 28.4 Å². The largest absolute Gasteiger partial charge is 0.507 e. The number of para-hydroxylation sites is 2. The molecule has 8 nitrogen and oxygen atoms in total. The summed E-state index contributed by atoms with van der Waals surface area (Å²) in [5.74, 6) is -0.163. The molecule has 0 aliphatic rings. The Morgan fingerprint density at radius 3 is 2.85 bits per heavy atom. The van der Waals surface area contributed by atoms with Crippen molar-refractivity contribution < 1.29 is 14.8 Å². The van der Waals surface area contributed by atoms with Crippen LogP contribution in [-0.4, -0.2) is 26.6 Å². The van der Waals surface area contributed by atoms with Crippen LogP contribution in [0.5, 0.6) is 5.75 Å². The summed E-state index contributed by atoms with van der Waals surface area (Å²) in [5, 5.41) is 30.7. The number of benzene rings is 2. The number of hydrogen-bond acceptors (Lipinski definition) is 6. The fraction of sp³-hybridized carbons (Fsp3) is 0.111. The quantitative estimate of drug-likeness (QED) is 0.313. The second kappa shape index (κ2) is 6.94. The molecule has 0 amide bonds. The van der Waals surface area contributed by atoms with Crippen molar-refractivity contribution in [2.45, 2.75) is 6.92 Å². The molecular weight excluding hydrogens is 336 g/mol. The zero-order valence-corrected chi connectivity index (χ0v) is 13.8. The molecule has 2 N–H and O–H groups in total. The van der Waals surface area contributed by atoms with Crippen molar-refractivity contribution in [3.8, 4) is 11.8 Å². The number of aliphatic hydroxyl groups excluding tert-OH is 1. The van der Waals surface area contributed by atoms with Crippen LogP contribution in [0.1, 0.15) is 11.4 Å². The van der Waals surface area contributed by atoms with Gasteiger partial charge in [0.1, 0.15) is 18.2 Å². The van der Waals surface area contributed by atoms with E-state index >= 15 is 0 Å². The first kappa shape index (κ1) is 17.0. The van der Waals surface area contributed by atoms with Gasteiger partial charge in [0.05, 0.1) is 16.0 Å². The molecule has 0 radical (unpaired) electrons. The number of hydrogen-bond donors (Lipinski definition) is 2. The maximum Gasteiger partial charge on any atom is 0.311 e. The third-order valence-corrected chi connectivity index (χ3v) is 3.70. The normalized spacial score (nSPS) is 11.7. The summed E-state index contributed by atoms with van der Waals surface area (Å²) in [5.41, 5.74) is 1.79. The fourth-order valence-corrected chi connectivity index (χ4v) is 2.44. The molecule has 0 bridgehead atoms. The smallest absolute Gasteiger partial charge is 0.311 e. The molecular formula is C18H14N4O4. The molecule has 1 heterocycles. The number of ether oxygens (including phenoxy) is 1. The number of nitrogens with zero attached hydrogens (tertiary/aromatic N) is 3. The van der Waals surface area contributed by atoms with Crippen molar-refractivity contribution in [3.05, 3.63) is 69.7 Å². The number of rotatable bonds is 5. The summed E-state index contributed by atoms with van der Waals surface area (Å²) in [6, 6.07) is 13.6. The molecule has 0 saturated carbocycles. The summed E-state index contributed by atoms with van der Waals surface area (Å²) in [6.07, 6.45) is 0. The van der Waals surface area contributed by atoms with E-state index in [9.17, 15) is 20.5 Å². The molecule has 0 unspecified atom stereocenters. The van der Waals surface area contributed by atoms with Gasteiger partial charge in [0.2, 0.25) is 0 Å². The molecule has 0 fully saturated rings. The number of aromatic amines is 1. The van der Waals surface area contributed by atoms with Crippen LogP contribution in [0.2, 0.25) is 0 Å². The predicted octanol–water partition coefficient (Wildman–Crippen LogP) is 3.65. The second-order valence-corrected chi connectivity index (χ2v) is 5.55. The van der Waals surface area contributed by atoms with Gasteiger partial charge in [-0.15, -0.1) is 0 Å². The summed E-state index contributed by atoms with van der Waals surface area (Å²) < 4.78 is 5.35. The second-order valence-electron chi connectivity index (χ2n) is 5.55. The Balaban J connectivity index is 1.88. The van der Waals surface area contributed by atoms with E-state index in [1.165, 1.54) is 12.1 Å². The number of nitriles is 1. The lowest BCUT2D eigenvalue weighted by atomic mass is 10.2. The zero-order chi connectivity index (χ0) is 18.7. The van der Waals surface area contributed by atoms with Gasteiger partial charge in [-0.2, -0.15) is 5.26 Å². The van der Waals surface area contributed by atoms with Gasteiger partial charge in [0.25, 0.3) is 0 Å². The van der Waals surface area contributed by atoms with Gasteiger partial charge in [0.15, 0.2) is 17.3 Å². The predicted molar refractivity (Wildman–Crippen MR) is 94.6 cm³/mol. The van der Waals surface area contributed by atoms with Crippen LogP contribution in [0.3, 0.4) is 0 Å². The number of aliphatic hydroxyl groups is 1. The van der Waals surface area contributed by atoms with E-state index in [1.807, 2.05) is 18.2 Å². The van der Waals surface area contributed by atoms with E-state index in [1.54, 1.807) is 25.1 Å². The molecule has 8 heteroatoms. The van der Waals surface area contributed by atoms with Crippen molar-refractivity contribution in [1.29, 1.82) is 5.26 Å². The minimum atomic E-state index is -0.562. The summed E-state index contributed by atoms with van der Waals surface area (Å²) in [4.78, 5) is 17.8. The lowest BCUT2D eigenvalue weighted by molar-refractivity contribution is -0.385.